The Kier molecular flexibility index (Phi) is 3.61. The first-order valence-electron chi connectivity index (χ1n) is 5.28. The van der Waals surface area contributed by atoms with Crippen LogP contribution in [0.4, 0.5) is 0 Å². The molecular weight excluding hydrogens is 236 g/mol. The SMILES string of the molecule is Cc1ccc(Oc2ccc(CN)c(Cl)c2)nc1. The smallest absolute Gasteiger partial charge is 0.219 e. The van der Waals surface area contributed by atoms with E-state index in [0.717, 1.165) is 11.1 Å². The number of halogens is 1. The fourth-order valence-corrected chi connectivity index (χ4v) is 1.64. The van der Waals surface area contributed by atoms with Crippen molar-refractivity contribution in [3.05, 3.63) is 52.7 Å². The molecule has 0 saturated heterocycles. The Balaban J connectivity index is 2.19. The number of aromatic nitrogens is 1. The van der Waals surface area contributed by atoms with Gasteiger partial charge in [0.15, 0.2) is 0 Å². The Bertz CT molecular complexity index is 511. The minimum absolute atomic E-state index is 0.419. The van der Waals surface area contributed by atoms with E-state index in [-0.39, 0.29) is 0 Å². The number of pyridine rings is 1. The van der Waals surface area contributed by atoms with Gasteiger partial charge in [-0.1, -0.05) is 23.7 Å². The van der Waals surface area contributed by atoms with Gasteiger partial charge in [-0.05, 0) is 30.2 Å². The first-order chi connectivity index (χ1) is 8.19. The second kappa shape index (κ2) is 5.17. The van der Waals surface area contributed by atoms with Crippen molar-refractivity contribution in [2.24, 2.45) is 5.73 Å². The van der Waals surface area contributed by atoms with E-state index in [1.165, 1.54) is 0 Å². The summed E-state index contributed by atoms with van der Waals surface area (Å²) < 4.78 is 5.58. The van der Waals surface area contributed by atoms with Gasteiger partial charge in [-0.3, -0.25) is 0 Å². The molecule has 0 atom stereocenters. The van der Waals surface area contributed by atoms with Crippen LogP contribution >= 0.6 is 11.6 Å². The summed E-state index contributed by atoms with van der Waals surface area (Å²) in [6.45, 7) is 2.39. The Morgan fingerprint density at radius 2 is 2.12 bits per heavy atom. The molecule has 0 saturated carbocycles. The zero-order valence-electron chi connectivity index (χ0n) is 9.48. The van der Waals surface area contributed by atoms with Crippen LogP contribution in [0.25, 0.3) is 0 Å². The zero-order chi connectivity index (χ0) is 12.3. The molecule has 2 aromatic rings. The van der Waals surface area contributed by atoms with Gasteiger partial charge in [0.2, 0.25) is 5.88 Å². The number of ether oxygens (including phenoxy) is 1. The zero-order valence-corrected chi connectivity index (χ0v) is 10.2. The topological polar surface area (TPSA) is 48.1 Å². The van der Waals surface area contributed by atoms with Gasteiger partial charge in [0.1, 0.15) is 5.75 Å². The maximum Gasteiger partial charge on any atom is 0.219 e. The largest absolute Gasteiger partial charge is 0.439 e. The number of benzene rings is 1. The second-order valence-electron chi connectivity index (χ2n) is 3.73. The Morgan fingerprint density at radius 3 is 2.71 bits per heavy atom. The summed E-state index contributed by atoms with van der Waals surface area (Å²) >= 11 is 6.04. The van der Waals surface area contributed by atoms with Crippen LogP contribution < -0.4 is 10.5 Å². The molecule has 17 heavy (non-hydrogen) atoms. The molecule has 0 spiro atoms. The molecule has 3 nitrogen and oxygen atoms in total. The Morgan fingerprint density at radius 1 is 1.29 bits per heavy atom. The van der Waals surface area contributed by atoms with Crippen LogP contribution in [-0.4, -0.2) is 4.98 Å². The van der Waals surface area contributed by atoms with Crippen LogP contribution in [0.3, 0.4) is 0 Å². The van der Waals surface area contributed by atoms with Crippen molar-refractivity contribution >= 4 is 11.6 Å². The van der Waals surface area contributed by atoms with Crippen LogP contribution in [-0.2, 0) is 6.54 Å². The highest BCUT2D eigenvalue weighted by molar-refractivity contribution is 6.31. The van der Waals surface area contributed by atoms with Gasteiger partial charge in [0, 0.05) is 23.8 Å². The second-order valence-corrected chi connectivity index (χ2v) is 4.14. The van der Waals surface area contributed by atoms with Gasteiger partial charge >= 0.3 is 0 Å². The highest BCUT2D eigenvalue weighted by Crippen LogP contribution is 2.25. The van der Waals surface area contributed by atoms with E-state index in [2.05, 4.69) is 4.98 Å². The third kappa shape index (κ3) is 2.96. The quantitative estimate of drug-likeness (QED) is 0.907. The molecule has 0 radical (unpaired) electrons. The van der Waals surface area contributed by atoms with Gasteiger partial charge in [-0.15, -0.1) is 0 Å². The summed E-state index contributed by atoms with van der Waals surface area (Å²) in [5.74, 6) is 1.20. The molecule has 0 aliphatic carbocycles. The Hall–Kier alpha value is -1.58. The van der Waals surface area contributed by atoms with E-state index in [1.807, 2.05) is 31.2 Å². The lowest BCUT2D eigenvalue weighted by Gasteiger charge is -2.07. The Labute approximate surface area is 105 Å². The first kappa shape index (κ1) is 11.9. The maximum absolute atomic E-state index is 6.04. The molecule has 4 heteroatoms. The van der Waals surface area contributed by atoms with Crippen molar-refractivity contribution in [2.45, 2.75) is 13.5 Å². The number of aryl methyl sites for hydroxylation is 1. The summed E-state index contributed by atoms with van der Waals surface area (Å²) in [5.41, 5.74) is 7.52. The first-order valence-corrected chi connectivity index (χ1v) is 5.66. The molecular formula is C13H13ClN2O. The number of hydrogen-bond acceptors (Lipinski definition) is 3. The van der Waals surface area contributed by atoms with E-state index in [4.69, 9.17) is 22.1 Å². The van der Waals surface area contributed by atoms with Gasteiger partial charge in [-0.2, -0.15) is 0 Å². The molecule has 0 aliphatic rings. The molecule has 1 aromatic heterocycles. The summed E-state index contributed by atoms with van der Waals surface area (Å²) in [6.07, 6.45) is 1.76. The van der Waals surface area contributed by atoms with Crippen molar-refractivity contribution in [3.8, 4) is 11.6 Å². The van der Waals surface area contributed by atoms with Crippen LogP contribution in [0.2, 0.25) is 5.02 Å². The standard InChI is InChI=1S/C13H13ClN2O/c1-9-2-5-13(16-8-9)17-11-4-3-10(7-15)12(14)6-11/h2-6,8H,7,15H2,1H3. The van der Waals surface area contributed by atoms with Crippen molar-refractivity contribution in [1.29, 1.82) is 0 Å². The molecule has 0 amide bonds. The molecule has 2 rings (SSSR count). The van der Waals surface area contributed by atoms with Crippen molar-refractivity contribution < 1.29 is 4.74 Å². The normalized spacial score (nSPS) is 10.3. The van der Waals surface area contributed by atoms with Crippen molar-refractivity contribution in [3.63, 3.8) is 0 Å². The summed E-state index contributed by atoms with van der Waals surface area (Å²) in [7, 11) is 0. The minimum Gasteiger partial charge on any atom is -0.439 e. The van der Waals surface area contributed by atoms with E-state index < -0.39 is 0 Å². The number of nitrogens with two attached hydrogens (primary N) is 1. The predicted molar refractivity (Wildman–Crippen MR) is 68.4 cm³/mol. The van der Waals surface area contributed by atoms with E-state index >= 15 is 0 Å². The lowest BCUT2D eigenvalue weighted by atomic mass is 10.2. The summed E-state index contributed by atoms with van der Waals surface area (Å²) in [6, 6.07) is 9.19. The monoisotopic (exact) mass is 248 g/mol. The molecule has 0 unspecified atom stereocenters. The molecule has 2 N–H and O–H groups in total. The lowest BCUT2D eigenvalue weighted by molar-refractivity contribution is 0.462. The van der Waals surface area contributed by atoms with Crippen LogP contribution in [0, 0.1) is 6.92 Å². The fourth-order valence-electron chi connectivity index (χ4n) is 1.39. The number of nitrogens with zero attached hydrogens (tertiary/aromatic N) is 1. The van der Waals surface area contributed by atoms with Gasteiger partial charge in [0.25, 0.3) is 0 Å². The predicted octanol–water partition coefficient (Wildman–Crippen LogP) is 3.29. The molecule has 0 bridgehead atoms. The molecule has 1 aromatic carbocycles. The van der Waals surface area contributed by atoms with E-state index in [9.17, 15) is 0 Å². The minimum atomic E-state index is 0.419. The fraction of sp³-hybridized carbons (Fsp3) is 0.154. The summed E-state index contributed by atoms with van der Waals surface area (Å²) in [4.78, 5) is 4.16. The van der Waals surface area contributed by atoms with Gasteiger partial charge in [-0.25, -0.2) is 4.98 Å². The maximum atomic E-state index is 6.04. The third-order valence-corrected chi connectivity index (χ3v) is 2.70. The van der Waals surface area contributed by atoms with E-state index in [0.29, 0.717) is 23.2 Å². The average molecular weight is 249 g/mol. The number of rotatable bonds is 3. The third-order valence-electron chi connectivity index (χ3n) is 2.35. The number of hydrogen-bond donors (Lipinski definition) is 1. The van der Waals surface area contributed by atoms with Crippen LogP contribution in [0.5, 0.6) is 11.6 Å². The molecule has 0 fully saturated rings. The van der Waals surface area contributed by atoms with Gasteiger partial charge < -0.3 is 10.5 Å². The molecule has 88 valence electrons. The van der Waals surface area contributed by atoms with Crippen molar-refractivity contribution in [2.75, 3.05) is 0 Å². The van der Waals surface area contributed by atoms with Crippen LogP contribution in [0.15, 0.2) is 36.5 Å². The summed E-state index contributed by atoms with van der Waals surface area (Å²) in [5, 5.41) is 0.608. The lowest BCUT2D eigenvalue weighted by Crippen LogP contribution is -1.97. The molecule has 0 aliphatic heterocycles. The van der Waals surface area contributed by atoms with Crippen LogP contribution in [0.1, 0.15) is 11.1 Å². The highest BCUT2D eigenvalue weighted by atomic mass is 35.5. The van der Waals surface area contributed by atoms with Crippen molar-refractivity contribution in [1.82, 2.24) is 4.98 Å². The van der Waals surface area contributed by atoms with E-state index in [1.54, 1.807) is 12.3 Å². The molecule has 1 heterocycles. The van der Waals surface area contributed by atoms with Gasteiger partial charge in [0.05, 0.1) is 0 Å². The highest BCUT2D eigenvalue weighted by Gasteiger charge is 2.03. The average Bonchev–Trinajstić information content (AvgIpc) is 2.32.